The summed E-state index contributed by atoms with van der Waals surface area (Å²) in [6, 6.07) is 7.45. The van der Waals surface area contributed by atoms with Crippen LogP contribution in [0.15, 0.2) is 24.3 Å². The minimum absolute atomic E-state index is 0.455. The van der Waals surface area contributed by atoms with Crippen molar-refractivity contribution in [3.05, 3.63) is 35.1 Å². The Bertz CT molecular complexity index is 617. The van der Waals surface area contributed by atoms with Crippen molar-refractivity contribution in [3.63, 3.8) is 0 Å². The number of ether oxygens (including phenoxy) is 2. The average molecular weight is 307 g/mol. The van der Waals surface area contributed by atoms with Crippen molar-refractivity contribution in [2.45, 2.75) is 26.7 Å². The fourth-order valence-electron chi connectivity index (χ4n) is 2.06. The summed E-state index contributed by atoms with van der Waals surface area (Å²) in [7, 11) is 1.61. The Balaban J connectivity index is 2.41. The number of benzene rings is 1. The largest absolute Gasteiger partial charge is 0.493 e. The molecule has 0 unspecified atom stereocenters. The average Bonchev–Trinajstić information content (AvgIpc) is 2.47. The summed E-state index contributed by atoms with van der Waals surface area (Å²) in [5.41, 5.74) is 1.80. The Morgan fingerprint density at radius 3 is 2.57 bits per heavy atom. The molecule has 5 heteroatoms. The molecule has 4 nitrogen and oxygen atoms in total. The summed E-state index contributed by atoms with van der Waals surface area (Å²) in [5.74, 6) is 1.97. The summed E-state index contributed by atoms with van der Waals surface area (Å²) >= 11 is 6.08. The summed E-state index contributed by atoms with van der Waals surface area (Å²) in [4.78, 5) is 8.85. The molecule has 0 saturated heterocycles. The van der Waals surface area contributed by atoms with Gasteiger partial charge in [0, 0.05) is 11.3 Å². The summed E-state index contributed by atoms with van der Waals surface area (Å²) in [6.45, 7) is 4.63. The van der Waals surface area contributed by atoms with Crippen LogP contribution in [0.3, 0.4) is 0 Å². The van der Waals surface area contributed by atoms with Gasteiger partial charge in [0.1, 0.15) is 5.15 Å². The first-order chi connectivity index (χ1) is 10.2. The lowest BCUT2D eigenvalue weighted by Crippen LogP contribution is -1.98. The molecular formula is C16H19ClN2O2. The van der Waals surface area contributed by atoms with E-state index in [-0.39, 0.29) is 0 Å². The second-order valence-corrected chi connectivity index (χ2v) is 4.94. The van der Waals surface area contributed by atoms with Crippen molar-refractivity contribution in [2.75, 3.05) is 13.7 Å². The Morgan fingerprint density at radius 1 is 1.10 bits per heavy atom. The highest BCUT2D eigenvalue weighted by atomic mass is 35.5. The molecule has 1 heterocycles. The molecule has 0 radical (unpaired) electrons. The highest BCUT2D eigenvalue weighted by molar-refractivity contribution is 6.29. The molecule has 0 aliphatic heterocycles. The van der Waals surface area contributed by atoms with Gasteiger partial charge >= 0.3 is 0 Å². The Hall–Kier alpha value is -1.81. The van der Waals surface area contributed by atoms with E-state index in [9.17, 15) is 0 Å². The molecule has 112 valence electrons. The van der Waals surface area contributed by atoms with E-state index in [1.54, 1.807) is 13.2 Å². The highest BCUT2D eigenvalue weighted by Crippen LogP contribution is 2.31. The summed E-state index contributed by atoms with van der Waals surface area (Å²) in [5, 5.41) is 0.455. The zero-order valence-corrected chi connectivity index (χ0v) is 13.3. The summed E-state index contributed by atoms with van der Waals surface area (Å²) < 4.78 is 10.9. The van der Waals surface area contributed by atoms with Gasteiger partial charge in [0.2, 0.25) is 0 Å². The van der Waals surface area contributed by atoms with Crippen molar-refractivity contribution in [3.8, 4) is 22.9 Å². The number of hydrogen-bond donors (Lipinski definition) is 0. The molecule has 0 atom stereocenters. The molecule has 0 bridgehead atoms. The quantitative estimate of drug-likeness (QED) is 0.752. The van der Waals surface area contributed by atoms with Gasteiger partial charge in [0.15, 0.2) is 17.3 Å². The van der Waals surface area contributed by atoms with E-state index in [1.807, 2.05) is 25.1 Å². The Kier molecular flexibility index (Phi) is 5.39. The molecule has 0 aliphatic carbocycles. The van der Waals surface area contributed by atoms with Gasteiger partial charge in [0.25, 0.3) is 0 Å². The fourth-order valence-corrected chi connectivity index (χ4v) is 2.26. The fraction of sp³-hybridized carbons (Fsp3) is 0.375. The van der Waals surface area contributed by atoms with Crippen LogP contribution in [0.4, 0.5) is 0 Å². The third kappa shape index (κ3) is 3.85. The van der Waals surface area contributed by atoms with E-state index >= 15 is 0 Å². The molecule has 0 saturated carbocycles. The molecule has 21 heavy (non-hydrogen) atoms. The smallest absolute Gasteiger partial charge is 0.161 e. The van der Waals surface area contributed by atoms with Crippen LogP contribution in [0.1, 0.15) is 26.0 Å². The minimum atomic E-state index is 0.455. The molecule has 0 fully saturated rings. The van der Waals surface area contributed by atoms with Crippen molar-refractivity contribution in [1.29, 1.82) is 0 Å². The molecule has 1 aromatic heterocycles. The van der Waals surface area contributed by atoms with Gasteiger partial charge in [-0.1, -0.05) is 24.9 Å². The first-order valence-corrected chi connectivity index (χ1v) is 7.40. The maximum atomic E-state index is 6.08. The van der Waals surface area contributed by atoms with Gasteiger partial charge in [-0.25, -0.2) is 9.97 Å². The van der Waals surface area contributed by atoms with E-state index in [4.69, 9.17) is 21.1 Å². The van der Waals surface area contributed by atoms with Gasteiger partial charge in [-0.2, -0.15) is 0 Å². The number of halogens is 1. The topological polar surface area (TPSA) is 44.2 Å². The van der Waals surface area contributed by atoms with Crippen LogP contribution < -0.4 is 9.47 Å². The third-order valence-electron chi connectivity index (χ3n) is 2.98. The number of nitrogens with zero attached hydrogens (tertiary/aromatic N) is 2. The Labute approximate surface area is 130 Å². The van der Waals surface area contributed by atoms with Gasteiger partial charge in [-0.3, -0.25) is 0 Å². The van der Waals surface area contributed by atoms with Crippen LogP contribution in [0, 0.1) is 0 Å². The van der Waals surface area contributed by atoms with Crippen LogP contribution in [-0.2, 0) is 6.42 Å². The van der Waals surface area contributed by atoms with Crippen molar-refractivity contribution in [2.24, 2.45) is 0 Å². The lowest BCUT2D eigenvalue weighted by Gasteiger charge is -2.11. The number of aromatic nitrogens is 2. The standard InChI is InChI=1S/C16H19ClN2O2/c1-4-6-12-10-15(17)19-16(18-12)11-7-8-13(21-5-2)14(9-11)20-3/h7-10H,4-6H2,1-3H3. The minimum Gasteiger partial charge on any atom is -0.493 e. The second-order valence-electron chi connectivity index (χ2n) is 4.55. The van der Waals surface area contributed by atoms with Crippen LogP contribution in [0.25, 0.3) is 11.4 Å². The number of aryl methyl sites for hydroxylation is 1. The molecule has 0 amide bonds. The lowest BCUT2D eigenvalue weighted by atomic mass is 10.1. The Morgan fingerprint density at radius 2 is 1.90 bits per heavy atom. The molecule has 0 N–H and O–H groups in total. The summed E-state index contributed by atoms with van der Waals surface area (Å²) in [6.07, 6.45) is 1.89. The zero-order chi connectivity index (χ0) is 15.2. The molecule has 0 spiro atoms. The molecule has 2 aromatic rings. The van der Waals surface area contributed by atoms with Crippen LogP contribution >= 0.6 is 11.6 Å². The number of rotatable bonds is 6. The van der Waals surface area contributed by atoms with E-state index < -0.39 is 0 Å². The van der Waals surface area contributed by atoms with Gasteiger partial charge in [-0.15, -0.1) is 0 Å². The first-order valence-electron chi connectivity index (χ1n) is 7.02. The maximum absolute atomic E-state index is 6.08. The van der Waals surface area contributed by atoms with E-state index in [1.165, 1.54) is 0 Å². The van der Waals surface area contributed by atoms with Crippen LogP contribution in [0.2, 0.25) is 5.15 Å². The van der Waals surface area contributed by atoms with Crippen LogP contribution in [0.5, 0.6) is 11.5 Å². The first kappa shape index (κ1) is 15.6. The SMILES string of the molecule is CCCc1cc(Cl)nc(-c2ccc(OCC)c(OC)c2)n1. The maximum Gasteiger partial charge on any atom is 0.161 e. The van der Waals surface area contributed by atoms with Crippen molar-refractivity contribution in [1.82, 2.24) is 9.97 Å². The molecule has 0 aliphatic rings. The highest BCUT2D eigenvalue weighted by Gasteiger charge is 2.10. The van der Waals surface area contributed by atoms with E-state index in [0.717, 1.165) is 24.1 Å². The monoisotopic (exact) mass is 306 g/mol. The molecular weight excluding hydrogens is 288 g/mol. The molecule has 2 rings (SSSR count). The van der Waals surface area contributed by atoms with Crippen molar-refractivity contribution < 1.29 is 9.47 Å². The zero-order valence-electron chi connectivity index (χ0n) is 12.5. The second kappa shape index (κ2) is 7.27. The third-order valence-corrected chi connectivity index (χ3v) is 3.17. The van der Waals surface area contributed by atoms with Crippen LogP contribution in [-0.4, -0.2) is 23.7 Å². The number of hydrogen-bond acceptors (Lipinski definition) is 4. The number of methoxy groups -OCH3 is 1. The predicted molar refractivity (Wildman–Crippen MR) is 84.2 cm³/mol. The van der Waals surface area contributed by atoms with E-state index in [0.29, 0.717) is 29.1 Å². The predicted octanol–water partition coefficient (Wildman–Crippen LogP) is 4.16. The van der Waals surface area contributed by atoms with Gasteiger partial charge < -0.3 is 9.47 Å². The van der Waals surface area contributed by atoms with E-state index in [2.05, 4.69) is 16.9 Å². The van der Waals surface area contributed by atoms with Gasteiger partial charge in [0.05, 0.1) is 13.7 Å². The van der Waals surface area contributed by atoms with Gasteiger partial charge in [-0.05, 0) is 37.6 Å². The lowest BCUT2D eigenvalue weighted by molar-refractivity contribution is 0.311. The van der Waals surface area contributed by atoms with Crippen molar-refractivity contribution >= 4 is 11.6 Å². The molecule has 1 aromatic carbocycles. The normalized spacial score (nSPS) is 10.5.